The van der Waals surface area contributed by atoms with E-state index in [1.807, 2.05) is 37.1 Å². The third-order valence-electron chi connectivity index (χ3n) is 7.73. The lowest BCUT2D eigenvalue weighted by atomic mass is 9.87. The second kappa shape index (κ2) is 10.0. The number of aryl methyl sites for hydroxylation is 1. The first-order valence-corrected chi connectivity index (χ1v) is 14.2. The molecular weight excluding hydrogens is 537 g/mol. The number of nitrogens with one attached hydrogen (secondary N) is 1. The number of amides is 1. The molecule has 40 heavy (non-hydrogen) atoms. The average Bonchev–Trinajstić information content (AvgIpc) is 3.65. The number of rotatable bonds is 5. The highest BCUT2D eigenvalue weighted by Gasteiger charge is 2.35. The van der Waals surface area contributed by atoms with Gasteiger partial charge >= 0.3 is 6.18 Å². The molecule has 5 heterocycles. The Morgan fingerprint density at radius 3 is 2.65 bits per heavy atom. The number of piperidine rings is 1. The van der Waals surface area contributed by atoms with Gasteiger partial charge in [-0.25, -0.2) is 14.5 Å². The number of benzene rings is 1. The Kier molecular flexibility index (Phi) is 6.64. The normalized spacial score (nSPS) is 15.1. The third kappa shape index (κ3) is 4.87. The molecule has 4 aromatic heterocycles. The number of halogens is 3. The van der Waals surface area contributed by atoms with Gasteiger partial charge in [-0.1, -0.05) is 19.9 Å². The van der Waals surface area contributed by atoms with Gasteiger partial charge in [-0.15, -0.1) is 11.3 Å². The second-order valence-electron chi connectivity index (χ2n) is 10.7. The van der Waals surface area contributed by atoms with Crippen molar-refractivity contribution >= 4 is 33.8 Å². The van der Waals surface area contributed by atoms with Crippen LogP contribution in [0, 0.1) is 6.92 Å². The van der Waals surface area contributed by atoms with Gasteiger partial charge in [0, 0.05) is 41.1 Å². The van der Waals surface area contributed by atoms with Crippen molar-refractivity contribution in [2.24, 2.45) is 0 Å². The molecule has 1 amide bonds. The maximum absolute atomic E-state index is 13.9. The molecule has 1 aliphatic heterocycles. The minimum Gasteiger partial charge on any atom is -0.354 e. The van der Waals surface area contributed by atoms with E-state index < -0.39 is 11.7 Å². The minimum absolute atomic E-state index is 0.0635. The maximum Gasteiger partial charge on any atom is 0.420 e. The summed E-state index contributed by atoms with van der Waals surface area (Å²) in [4.78, 5) is 26.4. The molecule has 208 valence electrons. The van der Waals surface area contributed by atoms with Crippen LogP contribution in [0.2, 0.25) is 0 Å². The van der Waals surface area contributed by atoms with Crippen LogP contribution in [0.1, 0.15) is 65.9 Å². The Balaban J connectivity index is 1.29. The van der Waals surface area contributed by atoms with Gasteiger partial charge in [0.05, 0.1) is 22.8 Å². The highest BCUT2D eigenvalue weighted by atomic mass is 32.1. The molecule has 1 aliphatic rings. The number of aromatic amines is 1. The van der Waals surface area contributed by atoms with Crippen LogP contribution in [0.5, 0.6) is 0 Å². The standard InChI is InChI=1S/C29H29F3N6OS/c1-16(2)26-22-10-19(18-6-8-37(9-7-18)25(39)12-21-14-40-17(3)35-21)4-5-24(22)36-27(26)20-11-23(29(30,31)32)28-33-15-34-38(28)13-20/h4-5,10-11,13-16,18,36H,6-9,12H2,1-3H3. The van der Waals surface area contributed by atoms with E-state index in [1.54, 1.807) is 17.5 Å². The molecular formula is C29H29F3N6OS. The van der Waals surface area contributed by atoms with E-state index >= 15 is 0 Å². The van der Waals surface area contributed by atoms with Crippen LogP contribution >= 0.6 is 11.3 Å². The smallest absolute Gasteiger partial charge is 0.354 e. The fraction of sp³-hybridized carbons (Fsp3) is 0.379. The van der Waals surface area contributed by atoms with Gasteiger partial charge in [0.15, 0.2) is 5.65 Å². The monoisotopic (exact) mass is 566 g/mol. The van der Waals surface area contributed by atoms with Crippen molar-refractivity contribution in [2.75, 3.05) is 13.1 Å². The Morgan fingerprint density at radius 1 is 1.20 bits per heavy atom. The number of fused-ring (bicyclic) bond motifs is 2. The highest BCUT2D eigenvalue weighted by Crippen LogP contribution is 2.40. The number of alkyl halides is 3. The molecule has 0 bridgehead atoms. The van der Waals surface area contributed by atoms with Gasteiger partial charge in [-0.3, -0.25) is 4.79 Å². The molecule has 6 rings (SSSR count). The summed E-state index contributed by atoms with van der Waals surface area (Å²) in [5.41, 5.74) is 3.89. The maximum atomic E-state index is 13.9. The molecule has 0 atom stereocenters. The fourth-order valence-corrected chi connectivity index (χ4v) is 6.41. The molecule has 0 saturated carbocycles. The Bertz CT molecular complexity index is 1710. The van der Waals surface area contributed by atoms with Gasteiger partial charge in [-0.05, 0) is 60.9 Å². The van der Waals surface area contributed by atoms with Crippen LogP contribution in [0.3, 0.4) is 0 Å². The quantitative estimate of drug-likeness (QED) is 0.256. The van der Waals surface area contributed by atoms with Crippen molar-refractivity contribution in [3.05, 3.63) is 69.6 Å². The van der Waals surface area contributed by atoms with Crippen molar-refractivity contribution in [3.63, 3.8) is 0 Å². The molecule has 1 aromatic carbocycles. The Hall–Kier alpha value is -3.73. The molecule has 1 fully saturated rings. The number of nitrogens with zero attached hydrogens (tertiary/aromatic N) is 5. The first-order chi connectivity index (χ1) is 19.1. The van der Waals surface area contributed by atoms with Gasteiger partial charge in [-0.2, -0.15) is 18.3 Å². The fourth-order valence-electron chi connectivity index (χ4n) is 5.80. The number of hydrogen-bond acceptors (Lipinski definition) is 5. The van der Waals surface area contributed by atoms with E-state index in [0.717, 1.165) is 52.4 Å². The van der Waals surface area contributed by atoms with Crippen molar-refractivity contribution in [3.8, 4) is 11.3 Å². The summed E-state index contributed by atoms with van der Waals surface area (Å²) >= 11 is 1.56. The molecule has 0 aliphatic carbocycles. The average molecular weight is 567 g/mol. The first kappa shape index (κ1) is 26.5. The Morgan fingerprint density at radius 2 is 1.98 bits per heavy atom. The van der Waals surface area contributed by atoms with Crippen LogP contribution in [0.25, 0.3) is 27.8 Å². The molecule has 11 heteroatoms. The number of carbonyl (C=O) groups is 1. The lowest BCUT2D eigenvalue weighted by Crippen LogP contribution is -2.38. The van der Waals surface area contributed by atoms with Crippen molar-refractivity contribution in [2.45, 2.75) is 58.0 Å². The summed E-state index contributed by atoms with van der Waals surface area (Å²) in [6.07, 6.45) is 0.222. The summed E-state index contributed by atoms with van der Waals surface area (Å²) in [6, 6.07) is 7.43. The lowest BCUT2D eigenvalue weighted by Gasteiger charge is -2.32. The molecule has 0 unspecified atom stereocenters. The van der Waals surface area contributed by atoms with Gasteiger partial charge < -0.3 is 9.88 Å². The third-order valence-corrected chi connectivity index (χ3v) is 8.55. The van der Waals surface area contributed by atoms with Crippen LogP contribution in [0.4, 0.5) is 13.2 Å². The van der Waals surface area contributed by atoms with Crippen molar-refractivity contribution in [1.82, 2.24) is 29.5 Å². The van der Waals surface area contributed by atoms with E-state index in [4.69, 9.17) is 0 Å². The summed E-state index contributed by atoms with van der Waals surface area (Å²) in [5.74, 6) is 0.476. The summed E-state index contributed by atoms with van der Waals surface area (Å²) in [6.45, 7) is 7.42. The van der Waals surface area contributed by atoms with E-state index in [9.17, 15) is 18.0 Å². The molecule has 0 radical (unpaired) electrons. The van der Waals surface area contributed by atoms with E-state index in [-0.39, 0.29) is 17.5 Å². The Labute approximate surface area is 233 Å². The van der Waals surface area contributed by atoms with E-state index in [0.29, 0.717) is 36.7 Å². The predicted molar refractivity (Wildman–Crippen MR) is 148 cm³/mol. The zero-order valence-corrected chi connectivity index (χ0v) is 23.2. The number of likely N-dealkylation sites (tertiary alicyclic amines) is 1. The topological polar surface area (TPSA) is 79.2 Å². The van der Waals surface area contributed by atoms with Crippen molar-refractivity contribution in [1.29, 1.82) is 0 Å². The largest absolute Gasteiger partial charge is 0.420 e. The number of carbonyl (C=O) groups excluding carboxylic acids is 1. The number of thiazole rings is 1. The van der Waals surface area contributed by atoms with Gasteiger partial charge in [0.1, 0.15) is 11.9 Å². The predicted octanol–water partition coefficient (Wildman–Crippen LogP) is 6.73. The van der Waals surface area contributed by atoms with Crippen LogP contribution in [-0.4, -0.2) is 48.5 Å². The van der Waals surface area contributed by atoms with Gasteiger partial charge in [0.25, 0.3) is 0 Å². The lowest BCUT2D eigenvalue weighted by molar-refractivity contribution is -0.136. The van der Waals surface area contributed by atoms with Crippen molar-refractivity contribution < 1.29 is 18.0 Å². The number of aromatic nitrogens is 5. The summed E-state index contributed by atoms with van der Waals surface area (Å²) in [7, 11) is 0. The molecule has 0 spiro atoms. The zero-order chi connectivity index (χ0) is 28.2. The number of H-pyrrole nitrogens is 1. The zero-order valence-electron chi connectivity index (χ0n) is 22.4. The van der Waals surface area contributed by atoms with E-state index in [1.165, 1.54) is 10.1 Å². The molecule has 7 nitrogen and oxygen atoms in total. The van der Waals surface area contributed by atoms with Crippen LogP contribution in [0.15, 0.2) is 42.2 Å². The van der Waals surface area contributed by atoms with Crippen LogP contribution < -0.4 is 0 Å². The number of pyridine rings is 1. The number of hydrogen-bond donors (Lipinski definition) is 1. The molecule has 1 saturated heterocycles. The minimum atomic E-state index is -4.56. The first-order valence-electron chi connectivity index (χ1n) is 13.3. The summed E-state index contributed by atoms with van der Waals surface area (Å²) < 4.78 is 42.8. The van der Waals surface area contributed by atoms with Gasteiger partial charge in [0.2, 0.25) is 5.91 Å². The van der Waals surface area contributed by atoms with Crippen LogP contribution in [-0.2, 0) is 17.4 Å². The molecule has 5 aromatic rings. The summed E-state index contributed by atoms with van der Waals surface area (Å²) in [5, 5.41) is 7.90. The molecule has 1 N–H and O–H groups in total. The second-order valence-corrected chi connectivity index (χ2v) is 11.8. The SMILES string of the molecule is Cc1nc(CC(=O)N2CCC(c3ccc4[nH]c(-c5cc(C(F)(F)F)c6ncnn6c5)c(C(C)C)c4c3)CC2)cs1. The van der Waals surface area contributed by atoms with E-state index in [2.05, 4.69) is 32.2 Å². The highest BCUT2D eigenvalue weighted by molar-refractivity contribution is 7.09.